The number of carbonyl (C=O) groups excluding carboxylic acids is 1. The van der Waals surface area contributed by atoms with Crippen LogP contribution in [0.15, 0.2) is 46.1 Å². The first-order valence-electron chi connectivity index (χ1n) is 4.85. The van der Waals surface area contributed by atoms with E-state index in [9.17, 15) is 4.79 Å². The van der Waals surface area contributed by atoms with Crippen molar-refractivity contribution >= 4 is 5.97 Å². The van der Waals surface area contributed by atoms with Crippen LogP contribution in [-0.4, -0.2) is 12.6 Å². The van der Waals surface area contributed by atoms with Crippen LogP contribution >= 0.6 is 0 Å². The molecule has 0 fully saturated rings. The van der Waals surface area contributed by atoms with Crippen molar-refractivity contribution in [3.63, 3.8) is 0 Å². The first kappa shape index (κ1) is 7.80. The minimum Gasteiger partial charge on any atom is -0.462 e. The van der Waals surface area contributed by atoms with Gasteiger partial charge < -0.3 is 4.74 Å². The standard InChI is InChI=1S/C12H10O2/c1-2-14-12(13)9-4-3-8-10-5-7(10)6-11(8)9/h3-4,6H,2,5H2,1H3. The van der Waals surface area contributed by atoms with Gasteiger partial charge in [-0.3, -0.25) is 0 Å². The molecule has 0 aromatic heterocycles. The highest BCUT2D eigenvalue weighted by molar-refractivity contribution is 6.00. The Hall–Kier alpha value is -1.57. The first-order chi connectivity index (χ1) is 6.81. The van der Waals surface area contributed by atoms with Gasteiger partial charge in [0.05, 0.1) is 12.2 Å². The van der Waals surface area contributed by atoms with Crippen LogP contribution in [0.25, 0.3) is 0 Å². The molecule has 14 heavy (non-hydrogen) atoms. The molecule has 0 spiro atoms. The molecule has 0 saturated heterocycles. The summed E-state index contributed by atoms with van der Waals surface area (Å²) in [6.45, 7) is 2.26. The third-order valence-corrected chi connectivity index (χ3v) is 2.77. The van der Waals surface area contributed by atoms with E-state index in [2.05, 4.69) is 6.08 Å². The van der Waals surface area contributed by atoms with Gasteiger partial charge in [-0.1, -0.05) is 6.08 Å². The molecular formula is C12H10O2. The Bertz CT molecular complexity index is 459. The van der Waals surface area contributed by atoms with E-state index in [4.69, 9.17) is 4.74 Å². The van der Waals surface area contributed by atoms with Gasteiger partial charge in [-0.05, 0) is 47.8 Å². The van der Waals surface area contributed by atoms with E-state index in [1.807, 2.05) is 19.1 Å². The maximum absolute atomic E-state index is 11.5. The number of allylic oxidation sites excluding steroid dienone is 6. The molecule has 0 aliphatic heterocycles. The van der Waals surface area contributed by atoms with Gasteiger partial charge in [-0.15, -0.1) is 0 Å². The molecule has 0 aromatic carbocycles. The summed E-state index contributed by atoms with van der Waals surface area (Å²) in [5.41, 5.74) is 5.83. The zero-order chi connectivity index (χ0) is 9.71. The molecule has 0 saturated carbocycles. The molecule has 2 nitrogen and oxygen atoms in total. The van der Waals surface area contributed by atoms with Gasteiger partial charge in [-0.2, -0.15) is 0 Å². The second kappa shape index (κ2) is 2.47. The molecule has 70 valence electrons. The summed E-state index contributed by atoms with van der Waals surface area (Å²) in [7, 11) is 0. The Morgan fingerprint density at radius 2 is 2.29 bits per heavy atom. The Morgan fingerprint density at radius 1 is 1.43 bits per heavy atom. The van der Waals surface area contributed by atoms with Crippen molar-refractivity contribution < 1.29 is 9.53 Å². The van der Waals surface area contributed by atoms with Crippen LogP contribution in [0, 0.1) is 0 Å². The summed E-state index contributed by atoms with van der Waals surface area (Å²) in [5.74, 6) is -0.201. The van der Waals surface area contributed by atoms with Gasteiger partial charge in [0, 0.05) is 0 Å². The summed E-state index contributed by atoms with van der Waals surface area (Å²) in [4.78, 5) is 11.5. The molecule has 0 unspecified atom stereocenters. The van der Waals surface area contributed by atoms with Gasteiger partial charge in [-0.25, -0.2) is 4.79 Å². The van der Waals surface area contributed by atoms with Gasteiger partial charge in [0.25, 0.3) is 0 Å². The highest BCUT2D eigenvalue weighted by Gasteiger charge is 2.36. The lowest BCUT2D eigenvalue weighted by molar-refractivity contribution is -0.138. The van der Waals surface area contributed by atoms with Gasteiger partial charge >= 0.3 is 5.97 Å². The summed E-state index contributed by atoms with van der Waals surface area (Å²) >= 11 is 0. The van der Waals surface area contributed by atoms with Crippen LogP contribution in [-0.2, 0) is 9.53 Å². The van der Waals surface area contributed by atoms with Crippen LogP contribution in [0.2, 0.25) is 0 Å². The normalized spacial score (nSPS) is 21.1. The fourth-order valence-electron chi connectivity index (χ4n) is 2.02. The molecule has 3 rings (SSSR count). The third kappa shape index (κ3) is 0.882. The number of hydrogen-bond donors (Lipinski definition) is 0. The van der Waals surface area contributed by atoms with Crippen molar-refractivity contribution in [2.75, 3.05) is 6.61 Å². The number of esters is 1. The van der Waals surface area contributed by atoms with Crippen molar-refractivity contribution in [1.82, 2.24) is 0 Å². The van der Waals surface area contributed by atoms with E-state index >= 15 is 0 Å². The number of fused-ring (bicyclic) bond motifs is 2. The van der Waals surface area contributed by atoms with Gasteiger partial charge in [0.2, 0.25) is 0 Å². The van der Waals surface area contributed by atoms with Crippen LogP contribution in [0.1, 0.15) is 13.3 Å². The molecule has 0 bridgehead atoms. The topological polar surface area (TPSA) is 26.3 Å². The highest BCUT2D eigenvalue weighted by atomic mass is 16.5. The molecule has 0 atom stereocenters. The number of ether oxygens (including phenoxy) is 1. The lowest BCUT2D eigenvalue weighted by Crippen LogP contribution is -2.08. The van der Waals surface area contributed by atoms with Crippen molar-refractivity contribution in [3.8, 4) is 0 Å². The van der Waals surface area contributed by atoms with E-state index in [0.717, 1.165) is 12.0 Å². The molecular weight excluding hydrogens is 176 g/mol. The van der Waals surface area contributed by atoms with Crippen molar-refractivity contribution in [2.45, 2.75) is 13.3 Å². The van der Waals surface area contributed by atoms with Crippen LogP contribution in [0.5, 0.6) is 0 Å². The van der Waals surface area contributed by atoms with Crippen LogP contribution in [0.3, 0.4) is 0 Å². The largest absolute Gasteiger partial charge is 0.462 e. The van der Waals surface area contributed by atoms with E-state index in [1.165, 1.54) is 16.7 Å². The maximum atomic E-state index is 11.5. The summed E-state index contributed by atoms with van der Waals surface area (Å²) < 4.78 is 4.98. The second-order valence-electron chi connectivity index (χ2n) is 3.62. The van der Waals surface area contributed by atoms with Crippen LogP contribution < -0.4 is 0 Å². The average Bonchev–Trinajstić information content (AvgIpc) is 2.67. The number of carbonyl (C=O) groups is 1. The molecule has 3 aliphatic carbocycles. The van der Waals surface area contributed by atoms with E-state index in [0.29, 0.717) is 12.2 Å². The monoisotopic (exact) mass is 186 g/mol. The second-order valence-corrected chi connectivity index (χ2v) is 3.62. The summed E-state index contributed by atoms with van der Waals surface area (Å²) in [6, 6.07) is 0. The summed E-state index contributed by atoms with van der Waals surface area (Å²) in [6.07, 6.45) is 7.10. The third-order valence-electron chi connectivity index (χ3n) is 2.77. The average molecular weight is 186 g/mol. The Balaban J connectivity index is 1.87. The van der Waals surface area contributed by atoms with Gasteiger partial charge in [0.1, 0.15) is 0 Å². The molecule has 3 aliphatic rings. The van der Waals surface area contributed by atoms with E-state index in [1.54, 1.807) is 0 Å². The van der Waals surface area contributed by atoms with E-state index < -0.39 is 0 Å². The number of rotatable bonds is 2. The summed E-state index contributed by atoms with van der Waals surface area (Å²) in [5, 5.41) is 0. The predicted molar refractivity (Wildman–Crippen MR) is 52.5 cm³/mol. The molecule has 0 aromatic rings. The Labute approximate surface area is 82.3 Å². The SMILES string of the molecule is CCOC(=O)C1=CC=C2C1=CC1=C2C1. The van der Waals surface area contributed by atoms with Crippen LogP contribution in [0.4, 0.5) is 0 Å². The minimum absolute atomic E-state index is 0.201. The first-order valence-corrected chi connectivity index (χ1v) is 4.85. The molecule has 0 N–H and O–H groups in total. The molecule has 0 heterocycles. The zero-order valence-corrected chi connectivity index (χ0v) is 7.96. The van der Waals surface area contributed by atoms with Crippen molar-refractivity contribution in [3.05, 3.63) is 46.1 Å². The van der Waals surface area contributed by atoms with Crippen molar-refractivity contribution in [2.24, 2.45) is 0 Å². The lowest BCUT2D eigenvalue weighted by Gasteiger charge is -2.06. The molecule has 0 amide bonds. The molecule has 0 radical (unpaired) electrons. The minimum atomic E-state index is -0.201. The van der Waals surface area contributed by atoms with E-state index in [-0.39, 0.29) is 5.97 Å². The quantitative estimate of drug-likeness (QED) is 0.617. The van der Waals surface area contributed by atoms with Crippen molar-refractivity contribution in [1.29, 1.82) is 0 Å². The fourth-order valence-corrected chi connectivity index (χ4v) is 2.02. The Kier molecular flexibility index (Phi) is 1.38. The fraction of sp³-hybridized carbons (Fsp3) is 0.250. The maximum Gasteiger partial charge on any atom is 0.338 e. The predicted octanol–water partition coefficient (Wildman–Crippen LogP) is 2.06. The molecule has 2 heteroatoms. The lowest BCUT2D eigenvalue weighted by atomic mass is 10.0. The number of hydrogen-bond acceptors (Lipinski definition) is 2. The van der Waals surface area contributed by atoms with Gasteiger partial charge in [0.15, 0.2) is 0 Å². The highest BCUT2D eigenvalue weighted by Crippen LogP contribution is 2.51. The Morgan fingerprint density at radius 3 is 3.07 bits per heavy atom. The smallest absolute Gasteiger partial charge is 0.338 e. The zero-order valence-electron chi connectivity index (χ0n) is 7.96.